The molecule has 1 N–H and O–H groups in total. The zero-order chi connectivity index (χ0) is 16.5. The Morgan fingerprint density at radius 3 is 2.55 bits per heavy atom. The van der Waals surface area contributed by atoms with Gasteiger partial charge in [0, 0.05) is 24.5 Å². The minimum Gasteiger partial charge on any atom is -0.383 e. The number of nitrogens with zero attached hydrogens (tertiary/aromatic N) is 2. The third-order valence-electron chi connectivity index (χ3n) is 3.44. The van der Waals surface area contributed by atoms with Gasteiger partial charge >= 0.3 is 0 Å². The Labute approximate surface area is 135 Å². The van der Waals surface area contributed by atoms with E-state index in [1.54, 1.807) is 7.11 Å². The average molecular weight is 321 g/mol. The molecule has 0 radical (unpaired) electrons. The SMILES string of the molecule is COCCNC(=O)c1sc2nc(C(C)(C)C)nc(C)c2c1C. The second-order valence-corrected chi connectivity index (χ2v) is 7.37. The van der Waals surface area contributed by atoms with Crippen molar-refractivity contribution in [3.05, 3.63) is 22.0 Å². The summed E-state index contributed by atoms with van der Waals surface area (Å²) < 4.78 is 4.96. The van der Waals surface area contributed by atoms with Crippen molar-refractivity contribution in [1.82, 2.24) is 15.3 Å². The average Bonchev–Trinajstić information content (AvgIpc) is 2.76. The van der Waals surface area contributed by atoms with Crippen LogP contribution in [0.4, 0.5) is 0 Å². The summed E-state index contributed by atoms with van der Waals surface area (Å²) in [7, 11) is 1.61. The van der Waals surface area contributed by atoms with Crippen LogP contribution in [0.15, 0.2) is 0 Å². The Morgan fingerprint density at radius 2 is 1.95 bits per heavy atom. The van der Waals surface area contributed by atoms with Crippen molar-refractivity contribution in [2.75, 3.05) is 20.3 Å². The molecule has 2 aromatic heterocycles. The third kappa shape index (κ3) is 3.28. The maximum Gasteiger partial charge on any atom is 0.261 e. The van der Waals surface area contributed by atoms with Gasteiger partial charge < -0.3 is 10.1 Å². The van der Waals surface area contributed by atoms with Gasteiger partial charge in [-0.25, -0.2) is 9.97 Å². The summed E-state index contributed by atoms with van der Waals surface area (Å²) in [5, 5.41) is 3.86. The number of aromatic nitrogens is 2. The molecule has 22 heavy (non-hydrogen) atoms. The van der Waals surface area contributed by atoms with E-state index in [9.17, 15) is 4.79 Å². The number of aryl methyl sites for hydroxylation is 2. The molecule has 0 aromatic carbocycles. The molecule has 0 unspecified atom stereocenters. The van der Waals surface area contributed by atoms with Crippen LogP contribution in [-0.2, 0) is 10.2 Å². The van der Waals surface area contributed by atoms with E-state index in [0.29, 0.717) is 18.0 Å². The number of thiophene rings is 1. The second kappa shape index (κ2) is 6.30. The van der Waals surface area contributed by atoms with Gasteiger partial charge in [0.05, 0.1) is 17.2 Å². The van der Waals surface area contributed by atoms with E-state index in [0.717, 1.165) is 27.3 Å². The minimum atomic E-state index is -0.113. The molecule has 0 spiro atoms. The predicted molar refractivity (Wildman–Crippen MR) is 89.8 cm³/mol. The fourth-order valence-corrected chi connectivity index (χ4v) is 3.39. The van der Waals surface area contributed by atoms with Gasteiger partial charge in [0.25, 0.3) is 5.91 Å². The van der Waals surface area contributed by atoms with Crippen LogP contribution in [0.5, 0.6) is 0 Å². The number of nitrogens with one attached hydrogen (secondary N) is 1. The molecule has 2 aromatic rings. The van der Waals surface area contributed by atoms with Gasteiger partial charge in [-0.2, -0.15) is 0 Å². The van der Waals surface area contributed by atoms with Crippen LogP contribution in [0, 0.1) is 13.8 Å². The van der Waals surface area contributed by atoms with E-state index < -0.39 is 0 Å². The Bertz CT molecular complexity index is 701. The first kappa shape index (κ1) is 16.8. The molecule has 2 rings (SSSR count). The Hall–Kier alpha value is -1.53. The number of fused-ring (bicyclic) bond motifs is 1. The monoisotopic (exact) mass is 321 g/mol. The number of methoxy groups -OCH3 is 1. The fourth-order valence-electron chi connectivity index (χ4n) is 2.24. The lowest BCUT2D eigenvalue weighted by molar-refractivity contribution is 0.0940. The van der Waals surface area contributed by atoms with Gasteiger partial charge in [-0.05, 0) is 19.4 Å². The van der Waals surface area contributed by atoms with Gasteiger partial charge in [0.15, 0.2) is 0 Å². The Balaban J connectivity index is 2.44. The highest BCUT2D eigenvalue weighted by molar-refractivity contribution is 7.20. The molecule has 0 aliphatic heterocycles. The maximum atomic E-state index is 12.3. The van der Waals surface area contributed by atoms with E-state index in [2.05, 4.69) is 36.1 Å². The molecule has 6 heteroatoms. The highest BCUT2D eigenvalue weighted by Crippen LogP contribution is 2.33. The first-order chi connectivity index (χ1) is 10.3. The van der Waals surface area contributed by atoms with Crippen LogP contribution in [0.1, 0.15) is 47.5 Å². The highest BCUT2D eigenvalue weighted by Gasteiger charge is 2.23. The third-order valence-corrected chi connectivity index (χ3v) is 4.62. The first-order valence-corrected chi connectivity index (χ1v) is 8.12. The summed E-state index contributed by atoms with van der Waals surface area (Å²) in [6.07, 6.45) is 0. The summed E-state index contributed by atoms with van der Waals surface area (Å²) in [6, 6.07) is 0. The number of hydrogen-bond acceptors (Lipinski definition) is 5. The van der Waals surface area contributed by atoms with Crippen molar-refractivity contribution in [2.24, 2.45) is 0 Å². The summed E-state index contributed by atoms with van der Waals surface area (Å²) in [4.78, 5) is 23.2. The normalized spacial score (nSPS) is 11.9. The molecule has 0 saturated carbocycles. The van der Waals surface area contributed by atoms with Crippen LogP contribution in [0.2, 0.25) is 0 Å². The predicted octanol–water partition coefficient (Wildman–Crippen LogP) is 2.98. The number of amides is 1. The summed E-state index contributed by atoms with van der Waals surface area (Å²) in [5.41, 5.74) is 1.77. The summed E-state index contributed by atoms with van der Waals surface area (Å²) in [5.74, 6) is 0.736. The Kier molecular flexibility index (Phi) is 4.82. The largest absolute Gasteiger partial charge is 0.383 e. The number of ether oxygens (including phenoxy) is 1. The first-order valence-electron chi connectivity index (χ1n) is 7.31. The van der Waals surface area contributed by atoms with Gasteiger partial charge in [-0.15, -0.1) is 11.3 Å². The van der Waals surface area contributed by atoms with Crippen molar-refractivity contribution in [3.8, 4) is 0 Å². The zero-order valence-corrected chi connectivity index (χ0v) is 14.8. The molecule has 0 aliphatic carbocycles. The molecule has 0 fully saturated rings. The number of hydrogen-bond donors (Lipinski definition) is 1. The maximum absolute atomic E-state index is 12.3. The molecule has 0 saturated heterocycles. The number of carbonyl (C=O) groups is 1. The molecule has 5 nitrogen and oxygen atoms in total. The van der Waals surface area contributed by atoms with Gasteiger partial charge in [-0.3, -0.25) is 4.79 Å². The van der Waals surface area contributed by atoms with Crippen molar-refractivity contribution >= 4 is 27.5 Å². The molecule has 0 bridgehead atoms. The van der Waals surface area contributed by atoms with Crippen LogP contribution >= 0.6 is 11.3 Å². The standard InChI is InChI=1S/C16H23N3O2S/c1-9-11-10(2)18-15(16(3,4)5)19-14(11)22-12(9)13(20)17-7-8-21-6/h7-8H2,1-6H3,(H,17,20). The van der Waals surface area contributed by atoms with E-state index in [1.807, 2.05) is 13.8 Å². The lowest BCUT2D eigenvalue weighted by Crippen LogP contribution is -2.26. The molecule has 120 valence electrons. The lowest BCUT2D eigenvalue weighted by atomic mass is 9.95. The second-order valence-electron chi connectivity index (χ2n) is 6.37. The van der Waals surface area contributed by atoms with E-state index in [-0.39, 0.29) is 11.3 Å². The van der Waals surface area contributed by atoms with E-state index in [1.165, 1.54) is 11.3 Å². The van der Waals surface area contributed by atoms with Gasteiger partial charge in [-0.1, -0.05) is 20.8 Å². The van der Waals surface area contributed by atoms with Crippen molar-refractivity contribution in [2.45, 2.75) is 40.0 Å². The summed E-state index contributed by atoms with van der Waals surface area (Å²) >= 11 is 1.43. The summed E-state index contributed by atoms with van der Waals surface area (Å²) in [6.45, 7) is 11.2. The quantitative estimate of drug-likeness (QED) is 0.879. The molecular weight excluding hydrogens is 298 g/mol. The molecule has 0 atom stereocenters. The van der Waals surface area contributed by atoms with Crippen molar-refractivity contribution in [1.29, 1.82) is 0 Å². The number of rotatable bonds is 4. The minimum absolute atomic E-state index is 0.0748. The topological polar surface area (TPSA) is 64.1 Å². The smallest absolute Gasteiger partial charge is 0.261 e. The van der Waals surface area contributed by atoms with Crippen LogP contribution in [0.25, 0.3) is 10.2 Å². The molecular formula is C16H23N3O2S. The Morgan fingerprint density at radius 1 is 1.27 bits per heavy atom. The zero-order valence-electron chi connectivity index (χ0n) is 14.0. The fraction of sp³-hybridized carbons (Fsp3) is 0.562. The van der Waals surface area contributed by atoms with E-state index in [4.69, 9.17) is 4.74 Å². The molecule has 1 amide bonds. The van der Waals surface area contributed by atoms with Crippen molar-refractivity contribution in [3.63, 3.8) is 0 Å². The number of carbonyl (C=O) groups excluding carboxylic acids is 1. The van der Waals surface area contributed by atoms with Crippen LogP contribution < -0.4 is 5.32 Å². The van der Waals surface area contributed by atoms with Gasteiger partial charge in [0.2, 0.25) is 0 Å². The lowest BCUT2D eigenvalue weighted by Gasteiger charge is -2.16. The van der Waals surface area contributed by atoms with E-state index >= 15 is 0 Å². The van der Waals surface area contributed by atoms with Gasteiger partial charge in [0.1, 0.15) is 10.7 Å². The highest BCUT2D eigenvalue weighted by atomic mass is 32.1. The van der Waals surface area contributed by atoms with Crippen LogP contribution in [-0.4, -0.2) is 36.1 Å². The van der Waals surface area contributed by atoms with Crippen molar-refractivity contribution < 1.29 is 9.53 Å². The van der Waals surface area contributed by atoms with Crippen LogP contribution in [0.3, 0.4) is 0 Å². The molecule has 2 heterocycles. The molecule has 0 aliphatic rings.